The first-order valence-corrected chi connectivity index (χ1v) is 7.07. The first kappa shape index (κ1) is 11.5. The fourth-order valence-electron chi connectivity index (χ4n) is 4.15. The van der Waals surface area contributed by atoms with E-state index in [2.05, 4.69) is 12.2 Å². The van der Waals surface area contributed by atoms with E-state index in [4.69, 9.17) is 0 Å². The Hall–Kier alpha value is -0.570. The topological polar surface area (TPSA) is 49.3 Å². The SMILES string of the molecule is CC1(CO)CCCC1NC(=O)C1C2CCCC21. The fourth-order valence-corrected chi connectivity index (χ4v) is 4.15. The lowest BCUT2D eigenvalue weighted by molar-refractivity contribution is -0.124. The van der Waals surface area contributed by atoms with Crippen LogP contribution in [0.25, 0.3) is 0 Å². The van der Waals surface area contributed by atoms with Gasteiger partial charge in [-0.2, -0.15) is 0 Å². The number of nitrogens with one attached hydrogen (secondary N) is 1. The summed E-state index contributed by atoms with van der Waals surface area (Å²) in [6.07, 6.45) is 7.02. The van der Waals surface area contributed by atoms with Gasteiger partial charge in [0, 0.05) is 17.4 Å². The molecule has 3 heteroatoms. The summed E-state index contributed by atoms with van der Waals surface area (Å²) >= 11 is 0. The van der Waals surface area contributed by atoms with Crippen LogP contribution in [0.2, 0.25) is 0 Å². The molecule has 3 rings (SSSR count). The molecule has 0 aromatic rings. The number of hydrogen-bond donors (Lipinski definition) is 2. The van der Waals surface area contributed by atoms with Crippen LogP contribution < -0.4 is 5.32 Å². The van der Waals surface area contributed by atoms with Crippen LogP contribution in [-0.2, 0) is 4.79 Å². The number of rotatable bonds is 3. The molecule has 96 valence electrons. The van der Waals surface area contributed by atoms with E-state index in [1.54, 1.807) is 0 Å². The highest BCUT2D eigenvalue weighted by Crippen LogP contribution is 2.57. The molecule has 3 saturated carbocycles. The molecule has 0 bridgehead atoms. The van der Waals surface area contributed by atoms with Gasteiger partial charge in [0.1, 0.15) is 0 Å². The number of carbonyl (C=O) groups is 1. The maximum absolute atomic E-state index is 12.2. The van der Waals surface area contributed by atoms with Gasteiger partial charge in [0.25, 0.3) is 0 Å². The first-order valence-electron chi connectivity index (χ1n) is 7.07. The molecule has 3 nitrogen and oxygen atoms in total. The number of hydrogen-bond acceptors (Lipinski definition) is 2. The van der Waals surface area contributed by atoms with Crippen molar-refractivity contribution in [3.63, 3.8) is 0 Å². The van der Waals surface area contributed by atoms with Gasteiger partial charge >= 0.3 is 0 Å². The first-order chi connectivity index (χ1) is 8.15. The van der Waals surface area contributed by atoms with Gasteiger partial charge in [0.2, 0.25) is 5.91 Å². The maximum atomic E-state index is 12.2. The molecule has 1 amide bonds. The minimum atomic E-state index is -0.0837. The third-order valence-corrected chi connectivity index (χ3v) is 5.47. The van der Waals surface area contributed by atoms with Crippen molar-refractivity contribution in [1.29, 1.82) is 0 Å². The Labute approximate surface area is 103 Å². The number of amides is 1. The fraction of sp³-hybridized carbons (Fsp3) is 0.929. The Bertz CT molecular complexity index is 320. The van der Waals surface area contributed by atoms with E-state index in [0.717, 1.165) is 19.3 Å². The zero-order valence-corrected chi connectivity index (χ0v) is 10.6. The van der Waals surface area contributed by atoms with Gasteiger partial charge in [-0.1, -0.05) is 19.8 Å². The van der Waals surface area contributed by atoms with E-state index in [0.29, 0.717) is 17.8 Å². The molecule has 0 radical (unpaired) electrons. The van der Waals surface area contributed by atoms with Crippen molar-refractivity contribution >= 4 is 5.91 Å². The lowest BCUT2D eigenvalue weighted by Crippen LogP contribution is -2.45. The molecular weight excluding hydrogens is 214 g/mol. The minimum Gasteiger partial charge on any atom is -0.396 e. The number of aliphatic hydroxyl groups excluding tert-OH is 1. The second kappa shape index (κ2) is 3.98. The molecule has 3 aliphatic rings. The van der Waals surface area contributed by atoms with E-state index < -0.39 is 0 Å². The zero-order valence-electron chi connectivity index (χ0n) is 10.6. The smallest absolute Gasteiger partial charge is 0.223 e. The van der Waals surface area contributed by atoms with Crippen molar-refractivity contribution in [3.05, 3.63) is 0 Å². The molecule has 0 heterocycles. The standard InChI is InChI=1S/C14H23NO2/c1-14(8-16)7-3-6-11(14)15-13(17)12-9-4-2-5-10(9)12/h9-12,16H,2-8H2,1H3,(H,15,17). The number of carbonyl (C=O) groups excluding carboxylic acids is 1. The van der Waals surface area contributed by atoms with Gasteiger partial charge in [-0.25, -0.2) is 0 Å². The second-order valence-electron chi connectivity index (χ2n) is 6.55. The van der Waals surface area contributed by atoms with Crippen LogP contribution in [0.1, 0.15) is 45.4 Å². The second-order valence-corrected chi connectivity index (χ2v) is 6.55. The van der Waals surface area contributed by atoms with Crippen molar-refractivity contribution < 1.29 is 9.90 Å². The van der Waals surface area contributed by atoms with Crippen molar-refractivity contribution in [2.45, 2.75) is 51.5 Å². The zero-order chi connectivity index (χ0) is 12.0. The van der Waals surface area contributed by atoms with Crippen molar-refractivity contribution in [2.24, 2.45) is 23.2 Å². The Kier molecular flexibility index (Phi) is 2.69. The van der Waals surface area contributed by atoms with Crippen molar-refractivity contribution in [1.82, 2.24) is 5.32 Å². The molecule has 0 aromatic carbocycles. The molecule has 0 spiro atoms. The third-order valence-electron chi connectivity index (χ3n) is 5.47. The highest BCUT2D eigenvalue weighted by molar-refractivity contribution is 5.82. The Morgan fingerprint density at radius 2 is 2.00 bits per heavy atom. The predicted octanol–water partition coefficient (Wildman–Crippen LogP) is 1.70. The molecule has 3 aliphatic carbocycles. The highest BCUT2D eigenvalue weighted by Gasteiger charge is 2.57. The van der Waals surface area contributed by atoms with Gasteiger partial charge in [0.05, 0.1) is 6.61 Å². The van der Waals surface area contributed by atoms with Gasteiger partial charge in [-0.3, -0.25) is 4.79 Å². The molecular formula is C14H23NO2. The number of aliphatic hydroxyl groups is 1. The van der Waals surface area contributed by atoms with Crippen LogP contribution >= 0.6 is 0 Å². The van der Waals surface area contributed by atoms with Gasteiger partial charge in [-0.05, 0) is 37.5 Å². The van der Waals surface area contributed by atoms with Crippen LogP contribution in [0.4, 0.5) is 0 Å². The van der Waals surface area contributed by atoms with Crippen molar-refractivity contribution in [2.75, 3.05) is 6.61 Å². The Balaban J connectivity index is 1.58. The minimum absolute atomic E-state index is 0.0837. The Morgan fingerprint density at radius 3 is 2.65 bits per heavy atom. The molecule has 4 unspecified atom stereocenters. The van der Waals surface area contributed by atoms with E-state index in [1.807, 2.05) is 0 Å². The van der Waals surface area contributed by atoms with E-state index in [1.165, 1.54) is 19.3 Å². The summed E-state index contributed by atoms with van der Waals surface area (Å²) in [5.74, 6) is 1.96. The van der Waals surface area contributed by atoms with Gasteiger partial charge in [0.15, 0.2) is 0 Å². The molecule has 0 aliphatic heterocycles. The molecule has 3 fully saturated rings. The summed E-state index contributed by atoms with van der Waals surface area (Å²) in [5, 5.41) is 12.7. The maximum Gasteiger partial charge on any atom is 0.223 e. The van der Waals surface area contributed by atoms with Crippen LogP contribution in [0, 0.1) is 23.2 Å². The average Bonchev–Trinajstić information content (AvgIpc) is 2.67. The van der Waals surface area contributed by atoms with Crippen LogP contribution in [-0.4, -0.2) is 23.7 Å². The predicted molar refractivity (Wildman–Crippen MR) is 65.3 cm³/mol. The summed E-state index contributed by atoms with van der Waals surface area (Å²) in [6, 6.07) is 0.196. The molecule has 0 saturated heterocycles. The summed E-state index contributed by atoms with van der Waals surface area (Å²) in [4.78, 5) is 12.2. The van der Waals surface area contributed by atoms with E-state index in [-0.39, 0.29) is 24.0 Å². The van der Waals surface area contributed by atoms with Crippen LogP contribution in [0.3, 0.4) is 0 Å². The highest BCUT2D eigenvalue weighted by atomic mass is 16.3. The molecule has 2 N–H and O–H groups in total. The largest absolute Gasteiger partial charge is 0.396 e. The summed E-state index contributed by atoms with van der Waals surface area (Å²) in [6.45, 7) is 2.29. The quantitative estimate of drug-likeness (QED) is 0.785. The van der Waals surface area contributed by atoms with Crippen LogP contribution in [0.15, 0.2) is 0 Å². The molecule has 0 aromatic heterocycles. The summed E-state index contributed by atoms with van der Waals surface area (Å²) < 4.78 is 0. The lowest BCUT2D eigenvalue weighted by atomic mass is 9.85. The van der Waals surface area contributed by atoms with Crippen molar-refractivity contribution in [3.8, 4) is 0 Å². The lowest BCUT2D eigenvalue weighted by Gasteiger charge is -2.30. The van der Waals surface area contributed by atoms with Gasteiger partial charge in [-0.15, -0.1) is 0 Å². The Morgan fingerprint density at radius 1 is 1.29 bits per heavy atom. The van der Waals surface area contributed by atoms with E-state index in [9.17, 15) is 9.90 Å². The monoisotopic (exact) mass is 237 g/mol. The number of fused-ring (bicyclic) bond motifs is 1. The summed E-state index contributed by atoms with van der Waals surface area (Å²) in [5.41, 5.74) is -0.0837. The third kappa shape index (κ3) is 1.79. The summed E-state index contributed by atoms with van der Waals surface area (Å²) in [7, 11) is 0. The molecule has 4 atom stereocenters. The average molecular weight is 237 g/mol. The molecule has 17 heavy (non-hydrogen) atoms. The van der Waals surface area contributed by atoms with Gasteiger partial charge < -0.3 is 10.4 Å². The van der Waals surface area contributed by atoms with Crippen LogP contribution in [0.5, 0.6) is 0 Å². The van der Waals surface area contributed by atoms with E-state index >= 15 is 0 Å². The normalized spacial score (nSPS) is 47.9.